The van der Waals surface area contributed by atoms with E-state index in [1.165, 1.54) is 0 Å². The fourth-order valence-electron chi connectivity index (χ4n) is 0.875. The van der Waals surface area contributed by atoms with E-state index in [1.54, 1.807) is 12.4 Å². The first kappa shape index (κ1) is 10.1. The van der Waals surface area contributed by atoms with Crippen LogP contribution >= 0.6 is 0 Å². The van der Waals surface area contributed by atoms with Crippen LogP contribution in [0.25, 0.3) is 0 Å². The summed E-state index contributed by atoms with van der Waals surface area (Å²) in [6, 6.07) is 3.75. The van der Waals surface area contributed by atoms with Crippen LogP contribution in [0.4, 0.5) is 0 Å². The van der Waals surface area contributed by atoms with Gasteiger partial charge in [0.25, 0.3) is 0 Å². The molecule has 0 bridgehead atoms. The average molecular weight is 181 g/mol. The van der Waals surface area contributed by atoms with E-state index in [0.717, 1.165) is 5.56 Å². The highest BCUT2D eigenvalue weighted by Crippen LogP contribution is 1.98. The van der Waals surface area contributed by atoms with Crippen LogP contribution in [0.3, 0.4) is 0 Å². The second-order valence-corrected chi connectivity index (χ2v) is 2.87. The normalized spacial score (nSPS) is 12.8. The average Bonchev–Trinajstić information content (AvgIpc) is 2.19. The van der Waals surface area contributed by atoms with E-state index in [-0.39, 0.29) is 6.04 Å². The lowest BCUT2D eigenvalue weighted by Crippen LogP contribution is -2.34. The quantitative estimate of drug-likeness (QED) is 0.664. The third kappa shape index (κ3) is 3.98. The molecule has 1 heterocycles. The Bertz CT molecular complexity index is 228. The second kappa shape index (κ2) is 5.64. The number of ether oxygens (including phenoxy) is 1. The molecule has 0 aliphatic heterocycles. The highest BCUT2D eigenvalue weighted by atomic mass is 16.5. The summed E-state index contributed by atoms with van der Waals surface area (Å²) in [5, 5.41) is 0. The molecule has 0 saturated carbocycles. The van der Waals surface area contributed by atoms with E-state index >= 15 is 0 Å². The maximum absolute atomic E-state index is 5.57. The van der Waals surface area contributed by atoms with E-state index < -0.39 is 0 Å². The van der Waals surface area contributed by atoms with Crippen LogP contribution in [0.2, 0.25) is 0 Å². The number of hydrogen-bond acceptors (Lipinski definition) is 4. The van der Waals surface area contributed by atoms with Crippen LogP contribution in [-0.4, -0.2) is 24.2 Å². The highest BCUT2D eigenvalue weighted by molar-refractivity contribution is 5.07. The number of hydrogen-bond donors (Lipinski definition) is 2. The lowest BCUT2D eigenvalue weighted by Gasteiger charge is -2.08. The van der Waals surface area contributed by atoms with Gasteiger partial charge in [-0.05, 0) is 17.7 Å². The zero-order chi connectivity index (χ0) is 9.52. The first-order valence-corrected chi connectivity index (χ1v) is 4.25. The maximum Gasteiger partial charge on any atom is 0.0718 e. The Hall–Kier alpha value is -0.970. The molecule has 1 atom stereocenters. The standard InChI is InChI=1S/C9H15N3O/c10-5-9(11)7-13-6-8-1-3-12-4-2-8/h1-4,9H,5-7,10-11H2/t9-/m0/s1. The Balaban J connectivity index is 2.20. The van der Waals surface area contributed by atoms with Crippen LogP contribution < -0.4 is 11.5 Å². The van der Waals surface area contributed by atoms with Crippen molar-refractivity contribution in [3.63, 3.8) is 0 Å². The molecular formula is C9H15N3O. The van der Waals surface area contributed by atoms with E-state index in [0.29, 0.717) is 19.8 Å². The summed E-state index contributed by atoms with van der Waals surface area (Å²) in [6.45, 7) is 1.52. The van der Waals surface area contributed by atoms with Gasteiger partial charge in [-0.3, -0.25) is 4.98 Å². The largest absolute Gasteiger partial charge is 0.375 e. The Morgan fingerprint density at radius 2 is 2.08 bits per heavy atom. The van der Waals surface area contributed by atoms with Crippen molar-refractivity contribution in [2.45, 2.75) is 12.6 Å². The number of nitrogens with two attached hydrogens (primary N) is 2. The molecule has 0 saturated heterocycles. The predicted molar refractivity (Wildman–Crippen MR) is 50.9 cm³/mol. The minimum atomic E-state index is -0.0677. The Kier molecular flexibility index (Phi) is 4.39. The van der Waals surface area contributed by atoms with Crippen LogP contribution in [-0.2, 0) is 11.3 Å². The minimum Gasteiger partial charge on any atom is -0.375 e. The number of aromatic nitrogens is 1. The molecular weight excluding hydrogens is 166 g/mol. The molecule has 4 nitrogen and oxygen atoms in total. The fourth-order valence-corrected chi connectivity index (χ4v) is 0.875. The molecule has 1 aromatic rings. The van der Waals surface area contributed by atoms with Gasteiger partial charge in [0.05, 0.1) is 13.2 Å². The van der Waals surface area contributed by atoms with Gasteiger partial charge >= 0.3 is 0 Å². The van der Waals surface area contributed by atoms with Gasteiger partial charge in [0.15, 0.2) is 0 Å². The van der Waals surface area contributed by atoms with Gasteiger partial charge in [-0.2, -0.15) is 0 Å². The van der Waals surface area contributed by atoms with E-state index in [9.17, 15) is 0 Å². The zero-order valence-corrected chi connectivity index (χ0v) is 7.52. The van der Waals surface area contributed by atoms with Gasteiger partial charge in [0.2, 0.25) is 0 Å². The Morgan fingerprint density at radius 3 is 2.69 bits per heavy atom. The number of nitrogens with zero attached hydrogens (tertiary/aromatic N) is 1. The molecule has 4 N–H and O–H groups in total. The van der Waals surface area contributed by atoms with E-state index in [4.69, 9.17) is 16.2 Å². The Labute approximate surface area is 77.9 Å². The van der Waals surface area contributed by atoms with Crippen molar-refractivity contribution in [1.82, 2.24) is 4.98 Å². The third-order valence-corrected chi connectivity index (χ3v) is 1.65. The molecule has 1 rings (SSSR count). The molecule has 0 aromatic carbocycles. The summed E-state index contributed by atoms with van der Waals surface area (Å²) in [5.74, 6) is 0. The fraction of sp³-hybridized carbons (Fsp3) is 0.444. The van der Waals surface area contributed by atoms with Gasteiger partial charge in [-0.1, -0.05) is 0 Å². The van der Waals surface area contributed by atoms with Crippen LogP contribution in [0.15, 0.2) is 24.5 Å². The van der Waals surface area contributed by atoms with Crippen molar-refractivity contribution >= 4 is 0 Å². The van der Waals surface area contributed by atoms with Crippen molar-refractivity contribution in [3.05, 3.63) is 30.1 Å². The van der Waals surface area contributed by atoms with Gasteiger partial charge in [0.1, 0.15) is 0 Å². The molecule has 13 heavy (non-hydrogen) atoms. The Morgan fingerprint density at radius 1 is 1.38 bits per heavy atom. The number of pyridine rings is 1. The van der Waals surface area contributed by atoms with Crippen LogP contribution in [0.1, 0.15) is 5.56 Å². The van der Waals surface area contributed by atoms with Crippen molar-refractivity contribution in [1.29, 1.82) is 0 Å². The topological polar surface area (TPSA) is 74.2 Å². The summed E-state index contributed by atoms with van der Waals surface area (Å²) in [6.07, 6.45) is 3.48. The summed E-state index contributed by atoms with van der Waals surface area (Å²) in [5.41, 5.74) is 12.0. The van der Waals surface area contributed by atoms with Gasteiger partial charge < -0.3 is 16.2 Å². The van der Waals surface area contributed by atoms with Gasteiger partial charge in [-0.25, -0.2) is 0 Å². The summed E-state index contributed by atoms with van der Waals surface area (Å²) >= 11 is 0. The van der Waals surface area contributed by atoms with Crippen molar-refractivity contribution < 1.29 is 4.74 Å². The van der Waals surface area contributed by atoms with Crippen LogP contribution in [0, 0.1) is 0 Å². The highest BCUT2D eigenvalue weighted by Gasteiger charge is 1.98. The molecule has 1 aromatic heterocycles. The molecule has 72 valence electrons. The number of rotatable bonds is 5. The molecule has 0 aliphatic rings. The van der Waals surface area contributed by atoms with Gasteiger partial charge in [0, 0.05) is 25.0 Å². The first-order valence-electron chi connectivity index (χ1n) is 4.25. The molecule has 0 spiro atoms. The van der Waals surface area contributed by atoms with Gasteiger partial charge in [-0.15, -0.1) is 0 Å². The molecule has 0 aliphatic carbocycles. The van der Waals surface area contributed by atoms with Crippen molar-refractivity contribution in [2.75, 3.05) is 13.2 Å². The second-order valence-electron chi connectivity index (χ2n) is 2.87. The van der Waals surface area contributed by atoms with Crippen molar-refractivity contribution in [3.8, 4) is 0 Å². The first-order chi connectivity index (χ1) is 6.33. The third-order valence-electron chi connectivity index (χ3n) is 1.65. The maximum atomic E-state index is 5.57. The van der Waals surface area contributed by atoms with Crippen LogP contribution in [0.5, 0.6) is 0 Å². The summed E-state index contributed by atoms with van der Waals surface area (Å²) in [7, 11) is 0. The molecule has 0 unspecified atom stereocenters. The minimum absolute atomic E-state index is 0.0677. The lowest BCUT2D eigenvalue weighted by molar-refractivity contribution is 0.109. The van der Waals surface area contributed by atoms with Crippen molar-refractivity contribution in [2.24, 2.45) is 11.5 Å². The molecule has 0 fully saturated rings. The molecule has 4 heteroatoms. The summed E-state index contributed by atoms with van der Waals surface area (Å²) in [4.78, 5) is 3.90. The van der Waals surface area contributed by atoms with E-state index in [2.05, 4.69) is 4.98 Å². The molecule has 0 amide bonds. The zero-order valence-electron chi connectivity index (χ0n) is 7.52. The SMILES string of the molecule is NC[C@H](N)COCc1ccncc1. The lowest BCUT2D eigenvalue weighted by atomic mass is 10.3. The summed E-state index contributed by atoms with van der Waals surface area (Å²) < 4.78 is 5.34. The van der Waals surface area contributed by atoms with E-state index in [1.807, 2.05) is 12.1 Å². The predicted octanol–water partition coefficient (Wildman–Crippen LogP) is -0.116. The monoisotopic (exact) mass is 181 g/mol. The smallest absolute Gasteiger partial charge is 0.0718 e. The molecule has 0 radical (unpaired) electrons.